The average Bonchev–Trinajstić information content (AvgIpc) is 2.79. The Morgan fingerprint density at radius 2 is 1.52 bits per heavy atom. The number of methoxy groups -OCH3 is 1. The van der Waals surface area contributed by atoms with E-state index in [1.165, 1.54) is 6.92 Å². The van der Waals surface area contributed by atoms with E-state index >= 15 is 0 Å². The first-order chi connectivity index (χ1) is 18.4. The van der Waals surface area contributed by atoms with Crippen LogP contribution in [0.4, 0.5) is 0 Å². The molecular formula is C25H41NO13Si. The van der Waals surface area contributed by atoms with Gasteiger partial charge in [-0.05, 0) is 6.04 Å². The molecule has 0 spiro atoms. The number of hydrogen-bond acceptors (Lipinski definition) is 13. The maximum Gasteiger partial charge on any atom is 0.366 e. The molecule has 228 valence electrons. The van der Waals surface area contributed by atoms with Gasteiger partial charge in [-0.2, -0.15) is 0 Å². The summed E-state index contributed by atoms with van der Waals surface area (Å²) in [6, 6.07) is -0.622. The molecule has 40 heavy (non-hydrogen) atoms. The Balaban J connectivity index is 3.80. The van der Waals surface area contributed by atoms with Gasteiger partial charge < -0.3 is 38.5 Å². The standard InChI is InChI=1S/C25H41NO13Si/c1-14(27)26-21-19(36-16(3)29)12-25(24(32)33-6,35-10-11-40(7,8)9)39-23(21)22(38-18(5)31)20(37-17(4)30)13-34-15(2)28/h19-23H,10-13H2,1-9H3,(H,26,27)/t19-,20+,21+,22+,23+,25-/m0/s1. The number of esters is 5. The fraction of sp³-hybridized carbons (Fsp3) is 0.760. The molecule has 0 aromatic rings. The van der Waals surface area contributed by atoms with Gasteiger partial charge in [-0.15, -0.1) is 0 Å². The van der Waals surface area contributed by atoms with Gasteiger partial charge in [0.25, 0.3) is 5.79 Å². The van der Waals surface area contributed by atoms with Crippen LogP contribution in [0.5, 0.6) is 0 Å². The van der Waals surface area contributed by atoms with Crippen molar-refractivity contribution in [2.75, 3.05) is 20.3 Å². The van der Waals surface area contributed by atoms with Crippen LogP contribution in [-0.2, 0) is 61.9 Å². The zero-order valence-electron chi connectivity index (χ0n) is 24.5. The molecule has 0 radical (unpaired) electrons. The predicted octanol–water partition coefficient (Wildman–Crippen LogP) is 0.862. The molecule has 1 fully saturated rings. The van der Waals surface area contributed by atoms with Crippen LogP contribution in [0.25, 0.3) is 0 Å². The molecule has 0 aliphatic carbocycles. The Morgan fingerprint density at radius 3 is 1.98 bits per heavy atom. The summed E-state index contributed by atoms with van der Waals surface area (Å²) < 4.78 is 38.6. The van der Waals surface area contributed by atoms with Crippen molar-refractivity contribution in [1.29, 1.82) is 0 Å². The van der Waals surface area contributed by atoms with Crippen molar-refractivity contribution in [2.24, 2.45) is 0 Å². The number of carbonyl (C=O) groups excluding carboxylic acids is 6. The average molecular weight is 592 g/mol. The topological polar surface area (TPSA) is 179 Å². The highest BCUT2D eigenvalue weighted by molar-refractivity contribution is 6.76. The van der Waals surface area contributed by atoms with Crippen LogP contribution in [0.2, 0.25) is 25.7 Å². The molecule has 1 saturated heterocycles. The molecule has 0 bridgehead atoms. The smallest absolute Gasteiger partial charge is 0.366 e. The summed E-state index contributed by atoms with van der Waals surface area (Å²) >= 11 is 0. The van der Waals surface area contributed by atoms with Crippen LogP contribution in [0.3, 0.4) is 0 Å². The van der Waals surface area contributed by atoms with Crippen LogP contribution in [0.1, 0.15) is 41.0 Å². The summed E-state index contributed by atoms with van der Waals surface area (Å²) in [6.07, 6.45) is -6.21. The minimum absolute atomic E-state index is 0.0637. The second kappa shape index (κ2) is 15.1. The maximum absolute atomic E-state index is 13.2. The predicted molar refractivity (Wildman–Crippen MR) is 139 cm³/mol. The normalized spacial score (nSPS) is 24.1. The van der Waals surface area contributed by atoms with E-state index in [-0.39, 0.29) is 13.0 Å². The highest BCUT2D eigenvalue weighted by Gasteiger charge is 2.59. The number of nitrogens with one attached hydrogen (secondary N) is 1. The van der Waals surface area contributed by atoms with Gasteiger partial charge in [0.2, 0.25) is 5.91 Å². The van der Waals surface area contributed by atoms with E-state index < -0.39 is 86.7 Å². The second-order valence-electron chi connectivity index (χ2n) is 10.6. The van der Waals surface area contributed by atoms with Gasteiger partial charge in [0.1, 0.15) is 18.8 Å². The molecule has 1 aliphatic rings. The lowest BCUT2D eigenvalue weighted by Gasteiger charge is -2.48. The van der Waals surface area contributed by atoms with Crippen LogP contribution in [-0.4, -0.2) is 100 Å². The van der Waals surface area contributed by atoms with Gasteiger partial charge in [0.05, 0.1) is 19.6 Å². The molecule has 0 saturated carbocycles. The van der Waals surface area contributed by atoms with Crippen molar-refractivity contribution in [3.05, 3.63) is 0 Å². The number of rotatable bonds is 13. The van der Waals surface area contributed by atoms with Crippen molar-refractivity contribution < 1.29 is 61.9 Å². The molecule has 0 aromatic heterocycles. The third kappa shape index (κ3) is 11.2. The van der Waals surface area contributed by atoms with Crippen molar-refractivity contribution in [3.8, 4) is 0 Å². The molecule has 0 unspecified atom stereocenters. The SMILES string of the molecule is COC(=O)[C@]1(OCC[Si](C)(C)C)C[C@H](OC(C)=O)[C@@H](NC(C)=O)[C@H]([C@H](OC(C)=O)[C@@H](COC(C)=O)OC(C)=O)O1. The third-order valence-corrected chi connectivity index (χ3v) is 7.39. The highest BCUT2D eigenvalue weighted by Crippen LogP contribution is 2.37. The van der Waals surface area contributed by atoms with Crippen LogP contribution >= 0.6 is 0 Å². The third-order valence-electron chi connectivity index (χ3n) is 5.68. The van der Waals surface area contributed by atoms with E-state index in [0.29, 0.717) is 6.04 Å². The second-order valence-corrected chi connectivity index (χ2v) is 16.2. The van der Waals surface area contributed by atoms with Gasteiger partial charge in [-0.25, -0.2) is 4.79 Å². The number of hydrogen-bond donors (Lipinski definition) is 1. The highest BCUT2D eigenvalue weighted by atomic mass is 28.3. The van der Waals surface area contributed by atoms with Crippen molar-refractivity contribution in [2.45, 2.75) is 103 Å². The number of carbonyl (C=O) groups is 6. The molecule has 0 aromatic carbocycles. The maximum atomic E-state index is 13.2. The fourth-order valence-electron chi connectivity index (χ4n) is 4.07. The summed E-state index contributed by atoms with van der Waals surface area (Å²) in [5.41, 5.74) is 0. The number of ether oxygens (including phenoxy) is 7. The molecule has 1 rings (SSSR count). The minimum atomic E-state index is -2.17. The lowest BCUT2D eigenvalue weighted by Crippen LogP contribution is -2.69. The molecule has 14 nitrogen and oxygen atoms in total. The Hall–Kier alpha value is -3.04. The van der Waals surface area contributed by atoms with Gasteiger partial charge in [-0.3, -0.25) is 24.0 Å². The summed E-state index contributed by atoms with van der Waals surface area (Å²) in [5.74, 6) is -6.87. The molecular weight excluding hydrogens is 550 g/mol. The Labute approximate surface area is 234 Å². The zero-order valence-corrected chi connectivity index (χ0v) is 25.5. The fourth-order valence-corrected chi connectivity index (χ4v) is 4.78. The zero-order chi connectivity index (χ0) is 30.8. The van der Waals surface area contributed by atoms with Crippen LogP contribution < -0.4 is 5.32 Å². The van der Waals surface area contributed by atoms with E-state index in [9.17, 15) is 28.8 Å². The van der Waals surface area contributed by atoms with Crippen molar-refractivity contribution in [1.82, 2.24) is 5.32 Å². The van der Waals surface area contributed by atoms with Crippen molar-refractivity contribution >= 4 is 43.8 Å². The monoisotopic (exact) mass is 591 g/mol. The van der Waals surface area contributed by atoms with E-state index in [4.69, 9.17) is 33.2 Å². The Bertz CT molecular complexity index is 949. The van der Waals surface area contributed by atoms with E-state index in [0.717, 1.165) is 34.8 Å². The first-order valence-electron chi connectivity index (χ1n) is 12.7. The summed E-state index contributed by atoms with van der Waals surface area (Å²) in [4.78, 5) is 73.3. The van der Waals surface area contributed by atoms with Gasteiger partial charge in [-0.1, -0.05) is 19.6 Å². The van der Waals surface area contributed by atoms with Gasteiger partial charge in [0.15, 0.2) is 12.2 Å². The summed E-state index contributed by atoms with van der Waals surface area (Å²) in [5, 5.41) is 2.61. The Kier molecular flexibility index (Phi) is 13.2. The van der Waals surface area contributed by atoms with Crippen molar-refractivity contribution in [3.63, 3.8) is 0 Å². The minimum Gasteiger partial charge on any atom is -0.465 e. The lowest BCUT2D eigenvalue weighted by molar-refractivity contribution is -0.313. The molecule has 1 heterocycles. The molecule has 1 amide bonds. The lowest BCUT2D eigenvalue weighted by atomic mass is 9.88. The van der Waals surface area contributed by atoms with Crippen LogP contribution in [0, 0.1) is 0 Å². The first kappa shape index (κ1) is 35.0. The molecule has 15 heteroatoms. The summed E-state index contributed by atoms with van der Waals surface area (Å²) in [6.45, 7) is 11.4. The van der Waals surface area contributed by atoms with Gasteiger partial charge >= 0.3 is 29.8 Å². The number of amides is 1. The molecule has 6 atom stereocenters. The molecule has 1 aliphatic heterocycles. The quantitative estimate of drug-likeness (QED) is 0.181. The first-order valence-corrected chi connectivity index (χ1v) is 16.4. The molecule has 1 N–H and O–H groups in total. The Morgan fingerprint density at radius 1 is 0.925 bits per heavy atom. The van der Waals surface area contributed by atoms with E-state index in [2.05, 4.69) is 25.0 Å². The summed E-state index contributed by atoms with van der Waals surface area (Å²) in [7, 11) is -0.559. The largest absolute Gasteiger partial charge is 0.465 e. The van der Waals surface area contributed by atoms with Gasteiger partial charge in [0, 0.05) is 49.3 Å². The van der Waals surface area contributed by atoms with E-state index in [1.807, 2.05) is 0 Å². The van der Waals surface area contributed by atoms with Crippen LogP contribution in [0.15, 0.2) is 0 Å². The van der Waals surface area contributed by atoms with E-state index in [1.54, 1.807) is 0 Å².